The SMILES string of the molecule is COC(=O)c1cc(OC)ccc1NC(=O)c1ccc(C)c(F)c1. The van der Waals surface area contributed by atoms with Gasteiger partial charge in [0.25, 0.3) is 5.91 Å². The van der Waals surface area contributed by atoms with Crippen LogP contribution in [0.2, 0.25) is 0 Å². The van der Waals surface area contributed by atoms with Gasteiger partial charge in [-0.25, -0.2) is 9.18 Å². The van der Waals surface area contributed by atoms with Gasteiger partial charge in [-0.3, -0.25) is 4.79 Å². The smallest absolute Gasteiger partial charge is 0.340 e. The molecule has 0 unspecified atom stereocenters. The van der Waals surface area contributed by atoms with E-state index in [0.717, 1.165) is 6.07 Å². The summed E-state index contributed by atoms with van der Waals surface area (Å²) in [5, 5.41) is 2.58. The Morgan fingerprint density at radius 3 is 2.43 bits per heavy atom. The molecule has 5 nitrogen and oxygen atoms in total. The van der Waals surface area contributed by atoms with Gasteiger partial charge in [0, 0.05) is 5.56 Å². The summed E-state index contributed by atoms with van der Waals surface area (Å²) < 4.78 is 23.3. The normalized spacial score (nSPS) is 10.1. The Balaban J connectivity index is 2.33. The molecule has 0 aliphatic heterocycles. The van der Waals surface area contributed by atoms with Crippen molar-refractivity contribution in [1.82, 2.24) is 0 Å². The quantitative estimate of drug-likeness (QED) is 0.880. The molecule has 23 heavy (non-hydrogen) atoms. The van der Waals surface area contributed by atoms with Crippen LogP contribution < -0.4 is 10.1 Å². The average Bonchev–Trinajstić information content (AvgIpc) is 2.56. The van der Waals surface area contributed by atoms with Gasteiger partial charge in [-0.05, 0) is 42.8 Å². The van der Waals surface area contributed by atoms with Crippen LogP contribution in [0.15, 0.2) is 36.4 Å². The second-order valence-electron chi connectivity index (χ2n) is 4.82. The fraction of sp³-hybridized carbons (Fsp3) is 0.176. The van der Waals surface area contributed by atoms with E-state index in [1.807, 2.05) is 0 Å². The Hall–Kier alpha value is -2.89. The second-order valence-corrected chi connectivity index (χ2v) is 4.82. The molecule has 0 aliphatic rings. The van der Waals surface area contributed by atoms with Gasteiger partial charge in [0.1, 0.15) is 11.6 Å². The number of ether oxygens (including phenoxy) is 2. The van der Waals surface area contributed by atoms with E-state index in [2.05, 4.69) is 5.32 Å². The van der Waals surface area contributed by atoms with E-state index in [1.54, 1.807) is 13.0 Å². The highest BCUT2D eigenvalue weighted by Crippen LogP contribution is 2.23. The van der Waals surface area contributed by atoms with E-state index in [9.17, 15) is 14.0 Å². The number of nitrogens with one attached hydrogen (secondary N) is 1. The van der Waals surface area contributed by atoms with Crippen LogP contribution >= 0.6 is 0 Å². The Kier molecular flexibility index (Phi) is 4.95. The zero-order chi connectivity index (χ0) is 17.0. The molecule has 2 aromatic carbocycles. The summed E-state index contributed by atoms with van der Waals surface area (Å²) in [5.41, 5.74) is 0.998. The number of aryl methyl sites for hydroxylation is 1. The molecule has 0 heterocycles. The molecule has 0 atom stereocenters. The predicted molar refractivity (Wildman–Crippen MR) is 83.4 cm³/mol. The van der Waals surface area contributed by atoms with Crippen molar-refractivity contribution in [2.75, 3.05) is 19.5 Å². The molecule has 1 N–H and O–H groups in total. The first kappa shape index (κ1) is 16.5. The lowest BCUT2D eigenvalue weighted by atomic mass is 10.1. The Morgan fingerprint density at radius 2 is 1.83 bits per heavy atom. The van der Waals surface area contributed by atoms with Crippen molar-refractivity contribution in [2.45, 2.75) is 6.92 Å². The van der Waals surface area contributed by atoms with Crippen LogP contribution in [-0.2, 0) is 4.74 Å². The Bertz CT molecular complexity index is 758. The molecule has 0 bridgehead atoms. The minimum Gasteiger partial charge on any atom is -0.497 e. The number of rotatable bonds is 4. The summed E-state index contributed by atoms with van der Waals surface area (Å²) in [6.07, 6.45) is 0. The predicted octanol–water partition coefficient (Wildman–Crippen LogP) is 3.18. The van der Waals surface area contributed by atoms with E-state index in [-0.39, 0.29) is 16.8 Å². The Morgan fingerprint density at radius 1 is 1.09 bits per heavy atom. The zero-order valence-corrected chi connectivity index (χ0v) is 13.0. The van der Waals surface area contributed by atoms with E-state index in [4.69, 9.17) is 9.47 Å². The third-order valence-electron chi connectivity index (χ3n) is 3.31. The molecule has 0 saturated heterocycles. The summed E-state index contributed by atoms with van der Waals surface area (Å²) in [5.74, 6) is -1.17. The van der Waals surface area contributed by atoms with Crippen molar-refractivity contribution < 1.29 is 23.5 Å². The number of hydrogen-bond acceptors (Lipinski definition) is 4. The third kappa shape index (κ3) is 3.66. The minimum atomic E-state index is -0.616. The second kappa shape index (κ2) is 6.91. The van der Waals surface area contributed by atoms with Crippen LogP contribution in [0.5, 0.6) is 5.75 Å². The number of halogens is 1. The molecule has 0 fully saturated rings. The van der Waals surface area contributed by atoms with Crippen LogP contribution in [0.4, 0.5) is 10.1 Å². The van der Waals surface area contributed by atoms with Gasteiger partial charge < -0.3 is 14.8 Å². The average molecular weight is 317 g/mol. The first-order valence-electron chi connectivity index (χ1n) is 6.80. The fourth-order valence-corrected chi connectivity index (χ4v) is 1.97. The van der Waals surface area contributed by atoms with Crippen molar-refractivity contribution in [2.24, 2.45) is 0 Å². The lowest BCUT2D eigenvalue weighted by molar-refractivity contribution is 0.0601. The number of anilines is 1. The van der Waals surface area contributed by atoms with E-state index >= 15 is 0 Å². The van der Waals surface area contributed by atoms with Gasteiger partial charge in [-0.1, -0.05) is 6.07 Å². The maximum atomic E-state index is 13.6. The molecule has 6 heteroatoms. The Labute approximate surface area is 133 Å². The van der Waals surface area contributed by atoms with Crippen molar-refractivity contribution in [3.63, 3.8) is 0 Å². The minimum absolute atomic E-state index is 0.146. The van der Waals surface area contributed by atoms with Gasteiger partial charge in [0.15, 0.2) is 0 Å². The van der Waals surface area contributed by atoms with Crippen molar-refractivity contribution >= 4 is 17.6 Å². The van der Waals surface area contributed by atoms with Crippen molar-refractivity contribution in [1.29, 1.82) is 0 Å². The number of amides is 1. The molecule has 0 aromatic heterocycles. The first-order chi connectivity index (χ1) is 11.0. The molecule has 0 spiro atoms. The summed E-state index contributed by atoms with van der Waals surface area (Å²) in [7, 11) is 2.70. The molecule has 0 saturated carbocycles. The molecule has 2 aromatic rings. The molecule has 0 aliphatic carbocycles. The number of benzene rings is 2. The third-order valence-corrected chi connectivity index (χ3v) is 3.31. The lowest BCUT2D eigenvalue weighted by Gasteiger charge is -2.11. The maximum absolute atomic E-state index is 13.6. The largest absolute Gasteiger partial charge is 0.497 e. The summed E-state index contributed by atoms with van der Waals surface area (Å²) in [4.78, 5) is 24.1. The number of methoxy groups -OCH3 is 2. The first-order valence-corrected chi connectivity index (χ1v) is 6.80. The van der Waals surface area contributed by atoms with Crippen LogP contribution in [0.3, 0.4) is 0 Å². The van der Waals surface area contributed by atoms with E-state index in [1.165, 1.54) is 38.5 Å². The van der Waals surface area contributed by atoms with Crippen LogP contribution in [-0.4, -0.2) is 26.1 Å². The number of esters is 1. The van der Waals surface area contributed by atoms with Gasteiger partial charge in [-0.15, -0.1) is 0 Å². The highest BCUT2D eigenvalue weighted by molar-refractivity contribution is 6.08. The van der Waals surface area contributed by atoms with Crippen LogP contribution in [0, 0.1) is 12.7 Å². The van der Waals surface area contributed by atoms with Crippen LogP contribution in [0.1, 0.15) is 26.3 Å². The maximum Gasteiger partial charge on any atom is 0.340 e. The van der Waals surface area contributed by atoms with Gasteiger partial charge in [-0.2, -0.15) is 0 Å². The van der Waals surface area contributed by atoms with Crippen molar-refractivity contribution in [3.8, 4) is 5.75 Å². The summed E-state index contributed by atoms with van der Waals surface area (Å²) in [6, 6.07) is 8.74. The molecule has 0 radical (unpaired) electrons. The number of carbonyl (C=O) groups is 2. The summed E-state index contributed by atoms with van der Waals surface area (Å²) >= 11 is 0. The molecular weight excluding hydrogens is 301 g/mol. The molecular formula is C17H16FNO4. The van der Waals surface area contributed by atoms with Crippen molar-refractivity contribution in [3.05, 3.63) is 58.9 Å². The van der Waals surface area contributed by atoms with Gasteiger partial charge in [0.2, 0.25) is 0 Å². The van der Waals surface area contributed by atoms with Gasteiger partial charge in [0.05, 0.1) is 25.5 Å². The molecule has 2 rings (SSSR count). The van der Waals surface area contributed by atoms with E-state index in [0.29, 0.717) is 11.3 Å². The highest BCUT2D eigenvalue weighted by Gasteiger charge is 2.16. The zero-order valence-electron chi connectivity index (χ0n) is 13.0. The molecule has 120 valence electrons. The van der Waals surface area contributed by atoms with E-state index < -0.39 is 17.7 Å². The monoisotopic (exact) mass is 317 g/mol. The molecule has 1 amide bonds. The lowest BCUT2D eigenvalue weighted by Crippen LogP contribution is -2.16. The highest BCUT2D eigenvalue weighted by atomic mass is 19.1. The fourth-order valence-electron chi connectivity index (χ4n) is 1.97. The summed E-state index contributed by atoms with van der Waals surface area (Å²) in [6.45, 7) is 1.61. The standard InChI is InChI=1S/C17H16FNO4/c1-10-4-5-11(8-14(10)18)16(20)19-15-7-6-12(22-2)9-13(15)17(21)23-3/h4-9H,1-3H3,(H,19,20). The van der Waals surface area contributed by atoms with Crippen LogP contribution in [0.25, 0.3) is 0 Å². The number of carbonyl (C=O) groups excluding carboxylic acids is 2. The topological polar surface area (TPSA) is 64.6 Å². The van der Waals surface area contributed by atoms with Gasteiger partial charge >= 0.3 is 5.97 Å². The number of hydrogen-bond donors (Lipinski definition) is 1.